The van der Waals surface area contributed by atoms with Crippen LogP contribution in [-0.4, -0.2) is 25.1 Å². The minimum Gasteiger partial charge on any atom is -0.493 e. The number of aromatic nitrogens is 1. The summed E-state index contributed by atoms with van der Waals surface area (Å²) >= 11 is 1.36. The van der Waals surface area contributed by atoms with Crippen molar-refractivity contribution in [3.05, 3.63) is 58.1 Å². The average Bonchev–Trinajstić information content (AvgIpc) is 3.06. The highest BCUT2D eigenvalue weighted by Crippen LogP contribution is 2.35. The Morgan fingerprint density at radius 1 is 1.04 bits per heavy atom. The highest BCUT2D eigenvalue weighted by Gasteiger charge is 2.18. The molecule has 0 unspecified atom stereocenters. The van der Waals surface area contributed by atoms with Crippen molar-refractivity contribution in [2.45, 2.75) is 20.8 Å². The van der Waals surface area contributed by atoms with Gasteiger partial charge in [0.2, 0.25) is 0 Å². The molecule has 2 aromatic carbocycles. The first-order chi connectivity index (χ1) is 12.9. The number of benzene rings is 2. The molecule has 0 atom stereocenters. The summed E-state index contributed by atoms with van der Waals surface area (Å²) in [6.45, 7) is 5.87. The Bertz CT molecular complexity index is 995. The van der Waals surface area contributed by atoms with Gasteiger partial charge < -0.3 is 14.8 Å². The number of thiazole rings is 1. The third-order valence-electron chi connectivity index (χ3n) is 4.49. The molecule has 1 amide bonds. The van der Waals surface area contributed by atoms with E-state index < -0.39 is 0 Å². The number of hydrogen-bond donors (Lipinski definition) is 1. The smallest absolute Gasteiger partial charge is 0.267 e. The molecule has 1 heterocycles. The summed E-state index contributed by atoms with van der Waals surface area (Å²) in [5.74, 6) is 1.14. The van der Waals surface area contributed by atoms with E-state index in [9.17, 15) is 4.79 Å². The van der Waals surface area contributed by atoms with Crippen molar-refractivity contribution in [3.63, 3.8) is 0 Å². The molecule has 0 radical (unpaired) electrons. The molecule has 0 fully saturated rings. The summed E-state index contributed by atoms with van der Waals surface area (Å²) in [5.41, 5.74) is 4.60. The average molecular weight is 382 g/mol. The van der Waals surface area contributed by atoms with Gasteiger partial charge in [-0.05, 0) is 56.2 Å². The topological polar surface area (TPSA) is 60.5 Å². The molecule has 0 aliphatic rings. The Morgan fingerprint density at radius 3 is 2.48 bits per heavy atom. The van der Waals surface area contributed by atoms with Crippen LogP contribution in [-0.2, 0) is 0 Å². The van der Waals surface area contributed by atoms with Crippen LogP contribution in [0.2, 0.25) is 0 Å². The standard InChI is InChI=1S/C21H22N2O3S/c1-12-7-6-8-16(13(12)2)23-20(24)19-14(3)22-21(27-19)15-9-10-17(25-4)18(11-15)26-5/h6-11H,1-5H3,(H,23,24). The minimum atomic E-state index is -0.148. The first-order valence-corrected chi connectivity index (χ1v) is 9.33. The lowest BCUT2D eigenvalue weighted by atomic mass is 10.1. The lowest BCUT2D eigenvalue weighted by Crippen LogP contribution is -2.12. The molecule has 5 nitrogen and oxygen atoms in total. The zero-order valence-corrected chi connectivity index (χ0v) is 16.9. The van der Waals surface area contributed by atoms with E-state index in [1.54, 1.807) is 14.2 Å². The van der Waals surface area contributed by atoms with Crippen molar-refractivity contribution in [2.75, 3.05) is 19.5 Å². The van der Waals surface area contributed by atoms with Crippen molar-refractivity contribution in [1.29, 1.82) is 0 Å². The van der Waals surface area contributed by atoms with Crippen LogP contribution in [0, 0.1) is 20.8 Å². The van der Waals surface area contributed by atoms with Gasteiger partial charge in [0.25, 0.3) is 5.91 Å². The van der Waals surface area contributed by atoms with E-state index in [2.05, 4.69) is 10.3 Å². The van der Waals surface area contributed by atoms with Gasteiger partial charge in [-0.3, -0.25) is 4.79 Å². The second-order valence-electron chi connectivity index (χ2n) is 6.20. The van der Waals surface area contributed by atoms with E-state index in [1.807, 2.05) is 57.2 Å². The van der Waals surface area contributed by atoms with Crippen molar-refractivity contribution in [1.82, 2.24) is 4.98 Å². The maximum Gasteiger partial charge on any atom is 0.267 e. The molecule has 27 heavy (non-hydrogen) atoms. The van der Waals surface area contributed by atoms with E-state index in [1.165, 1.54) is 11.3 Å². The summed E-state index contributed by atoms with van der Waals surface area (Å²) in [6, 6.07) is 11.5. The Hall–Kier alpha value is -2.86. The monoisotopic (exact) mass is 382 g/mol. The molecule has 140 valence electrons. The minimum absolute atomic E-state index is 0.148. The van der Waals surface area contributed by atoms with Crippen molar-refractivity contribution in [3.8, 4) is 22.1 Å². The number of nitrogens with one attached hydrogen (secondary N) is 1. The summed E-state index contributed by atoms with van der Waals surface area (Å²) in [7, 11) is 3.19. The molecule has 3 rings (SSSR count). The fourth-order valence-corrected chi connectivity index (χ4v) is 3.72. The number of hydrogen-bond acceptors (Lipinski definition) is 5. The molecule has 0 spiro atoms. The van der Waals surface area contributed by atoms with E-state index in [0.29, 0.717) is 22.1 Å². The second-order valence-corrected chi connectivity index (χ2v) is 7.20. The summed E-state index contributed by atoms with van der Waals surface area (Å²) in [5, 5.41) is 3.76. The Kier molecular flexibility index (Phi) is 5.46. The van der Waals surface area contributed by atoms with Crippen molar-refractivity contribution < 1.29 is 14.3 Å². The first-order valence-electron chi connectivity index (χ1n) is 8.52. The molecule has 1 aromatic heterocycles. The quantitative estimate of drug-likeness (QED) is 0.674. The van der Waals surface area contributed by atoms with Crippen LogP contribution >= 0.6 is 11.3 Å². The Balaban J connectivity index is 1.90. The molecule has 3 aromatic rings. The van der Waals surface area contributed by atoms with Crippen LogP contribution in [0.4, 0.5) is 5.69 Å². The van der Waals surface area contributed by atoms with Crippen LogP contribution < -0.4 is 14.8 Å². The number of aryl methyl sites for hydroxylation is 2. The number of nitrogens with zero attached hydrogens (tertiary/aromatic N) is 1. The van der Waals surface area contributed by atoms with Gasteiger partial charge in [0.15, 0.2) is 11.5 Å². The number of amides is 1. The van der Waals surface area contributed by atoms with Crippen molar-refractivity contribution in [2.24, 2.45) is 0 Å². The summed E-state index contributed by atoms with van der Waals surface area (Å²) in [4.78, 5) is 18.0. The van der Waals surface area contributed by atoms with Gasteiger partial charge in [0.1, 0.15) is 9.88 Å². The Labute approximate surface area is 163 Å². The largest absolute Gasteiger partial charge is 0.493 e. The molecule has 6 heteroatoms. The van der Waals surface area contributed by atoms with Gasteiger partial charge in [-0.25, -0.2) is 4.98 Å². The van der Waals surface area contributed by atoms with Gasteiger partial charge >= 0.3 is 0 Å². The molecule has 1 N–H and O–H groups in total. The third-order valence-corrected chi connectivity index (χ3v) is 5.69. The third kappa shape index (κ3) is 3.80. The van der Waals surface area contributed by atoms with E-state index >= 15 is 0 Å². The zero-order chi connectivity index (χ0) is 19.6. The fraction of sp³-hybridized carbons (Fsp3) is 0.238. The second kappa shape index (κ2) is 7.80. The number of ether oxygens (including phenoxy) is 2. The highest BCUT2D eigenvalue weighted by molar-refractivity contribution is 7.17. The van der Waals surface area contributed by atoms with Gasteiger partial charge in [-0.1, -0.05) is 12.1 Å². The molecule has 0 aliphatic heterocycles. The number of carbonyl (C=O) groups excluding carboxylic acids is 1. The number of carbonyl (C=O) groups is 1. The first kappa shape index (κ1) is 18.9. The number of anilines is 1. The molecule has 0 saturated carbocycles. The fourth-order valence-electron chi connectivity index (χ4n) is 2.77. The van der Waals surface area contributed by atoms with Crippen molar-refractivity contribution >= 4 is 22.9 Å². The Morgan fingerprint density at radius 2 is 1.78 bits per heavy atom. The lowest BCUT2D eigenvalue weighted by Gasteiger charge is -2.09. The summed E-state index contributed by atoms with van der Waals surface area (Å²) < 4.78 is 10.6. The van der Waals surface area contributed by atoms with E-state index in [4.69, 9.17) is 9.47 Å². The van der Waals surface area contributed by atoms with Gasteiger partial charge in [-0.2, -0.15) is 0 Å². The van der Waals surface area contributed by atoms with Gasteiger partial charge in [0, 0.05) is 11.3 Å². The molecule has 0 bridgehead atoms. The SMILES string of the molecule is COc1ccc(-c2nc(C)c(C(=O)Nc3cccc(C)c3C)s2)cc1OC. The maximum absolute atomic E-state index is 12.8. The zero-order valence-electron chi connectivity index (χ0n) is 16.0. The van der Waals surface area contributed by atoms with Crippen LogP contribution in [0.3, 0.4) is 0 Å². The van der Waals surface area contributed by atoms with Crippen LogP contribution in [0.1, 0.15) is 26.5 Å². The van der Waals surface area contributed by atoms with E-state index in [-0.39, 0.29) is 5.91 Å². The normalized spacial score (nSPS) is 10.6. The molecule has 0 saturated heterocycles. The van der Waals surface area contributed by atoms with Crippen LogP contribution in [0.25, 0.3) is 10.6 Å². The molecular formula is C21H22N2O3S. The maximum atomic E-state index is 12.8. The van der Waals surface area contributed by atoms with Crippen LogP contribution in [0.5, 0.6) is 11.5 Å². The highest BCUT2D eigenvalue weighted by atomic mass is 32.1. The molecular weight excluding hydrogens is 360 g/mol. The lowest BCUT2D eigenvalue weighted by molar-refractivity contribution is 0.102. The van der Waals surface area contributed by atoms with Gasteiger partial charge in [0.05, 0.1) is 19.9 Å². The summed E-state index contributed by atoms with van der Waals surface area (Å²) in [6.07, 6.45) is 0. The predicted octanol–water partition coefficient (Wildman–Crippen LogP) is 5.00. The number of rotatable bonds is 5. The molecule has 0 aliphatic carbocycles. The van der Waals surface area contributed by atoms with Gasteiger partial charge in [-0.15, -0.1) is 11.3 Å². The van der Waals surface area contributed by atoms with E-state index in [0.717, 1.165) is 27.4 Å². The predicted molar refractivity (Wildman–Crippen MR) is 109 cm³/mol. The van der Waals surface area contributed by atoms with Crippen LogP contribution in [0.15, 0.2) is 36.4 Å². The number of methoxy groups -OCH3 is 2.